The van der Waals surface area contributed by atoms with E-state index in [1.807, 2.05) is 0 Å². The van der Waals surface area contributed by atoms with E-state index in [1.54, 1.807) is 31.3 Å². The van der Waals surface area contributed by atoms with Crippen LogP contribution in [0, 0.1) is 0 Å². The number of benzene rings is 3. The molecule has 2 unspecified atom stereocenters. The van der Waals surface area contributed by atoms with E-state index in [4.69, 9.17) is 18.9 Å². The van der Waals surface area contributed by atoms with Gasteiger partial charge in [-0.1, -0.05) is 12.1 Å². The van der Waals surface area contributed by atoms with Crippen LogP contribution in [0.2, 0.25) is 0 Å². The summed E-state index contributed by atoms with van der Waals surface area (Å²) in [6, 6.07) is 11.5. The fourth-order valence-corrected chi connectivity index (χ4v) is 4.78. The van der Waals surface area contributed by atoms with Gasteiger partial charge in [-0.3, -0.25) is 9.59 Å². The zero-order chi connectivity index (χ0) is 28.5. The first-order valence-corrected chi connectivity index (χ1v) is 11.8. The number of methoxy groups -OCH3 is 4. The number of hydrogen-bond donors (Lipinski definition) is 1. The normalized spacial score (nSPS) is 16.8. The third-order valence-electron chi connectivity index (χ3n) is 6.66. The van der Waals surface area contributed by atoms with E-state index < -0.39 is 29.6 Å². The maximum atomic E-state index is 13.9. The van der Waals surface area contributed by atoms with Crippen molar-refractivity contribution in [3.63, 3.8) is 0 Å². The van der Waals surface area contributed by atoms with E-state index in [1.165, 1.54) is 51.5 Å². The molecule has 0 aromatic heterocycles. The van der Waals surface area contributed by atoms with Crippen LogP contribution >= 0.6 is 0 Å². The number of rotatable bonds is 7. The molecular formula is C28H27F3N2O6. The van der Waals surface area contributed by atoms with Crippen molar-refractivity contribution in [2.45, 2.75) is 18.1 Å². The lowest BCUT2D eigenvalue weighted by atomic mass is 9.79. The fourth-order valence-electron chi connectivity index (χ4n) is 4.78. The molecule has 11 heteroatoms. The van der Waals surface area contributed by atoms with Crippen LogP contribution in [-0.4, -0.2) is 52.2 Å². The molecule has 0 fully saturated rings. The van der Waals surface area contributed by atoms with Gasteiger partial charge in [-0.25, -0.2) is 0 Å². The summed E-state index contributed by atoms with van der Waals surface area (Å²) in [6.07, 6.45) is -4.59. The number of fused-ring (bicyclic) bond motifs is 1. The number of carbonyl (C=O) groups is 2. The van der Waals surface area contributed by atoms with Crippen molar-refractivity contribution in [2.24, 2.45) is 0 Å². The zero-order valence-electron chi connectivity index (χ0n) is 21.9. The molecule has 3 aromatic rings. The second kappa shape index (κ2) is 10.8. The summed E-state index contributed by atoms with van der Waals surface area (Å²) in [5.74, 6) is -0.643. The van der Waals surface area contributed by atoms with Gasteiger partial charge >= 0.3 is 6.18 Å². The van der Waals surface area contributed by atoms with E-state index in [9.17, 15) is 22.8 Å². The Morgan fingerprint density at radius 3 is 2.08 bits per heavy atom. The van der Waals surface area contributed by atoms with Gasteiger partial charge in [0.25, 0.3) is 5.91 Å². The molecular weight excluding hydrogens is 517 g/mol. The van der Waals surface area contributed by atoms with Crippen molar-refractivity contribution >= 4 is 17.5 Å². The highest BCUT2D eigenvalue weighted by Crippen LogP contribution is 2.47. The van der Waals surface area contributed by atoms with Gasteiger partial charge in [0, 0.05) is 18.3 Å². The molecule has 0 spiro atoms. The predicted molar refractivity (Wildman–Crippen MR) is 137 cm³/mol. The predicted octanol–water partition coefficient (Wildman–Crippen LogP) is 5.29. The van der Waals surface area contributed by atoms with Crippen molar-refractivity contribution < 1.29 is 41.7 Å². The molecule has 2 atom stereocenters. The van der Waals surface area contributed by atoms with Gasteiger partial charge in [0.05, 0.1) is 46.0 Å². The summed E-state index contributed by atoms with van der Waals surface area (Å²) in [5.41, 5.74) is 0.145. The molecule has 3 aromatic carbocycles. The number of nitrogens with zero attached hydrogens (tertiary/aromatic N) is 1. The molecule has 1 heterocycles. The second-order valence-electron chi connectivity index (χ2n) is 8.82. The molecule has 0 saturated carbocycles. The highest BCUT2D eigenvalue weighted by atomic mass is 19.4. The molecule has 1 aliphatic heterocycles. The largest absolute Gasteiger partial charge is 0.493 e. The lowest BCUT2D eigenvalue weighted by Crippen LogP contribution is -2.44. The second-order valence-corrected chi connectivity index (χ2v) is 8.82. The lowest BCUT2D eigenvalue weighted by molar-refractivity contribution is -0.137. The van der Waals surface area contributed by atoms with Crippen molar-refractivity contribution in [1.82, 2.24) is 4.90 Å². The van der Waals surface area contributed by atoms with Crippen LogP contribution in [0.15, 0.2) is 54.6 Å². The maximum absolute atomic E-state index is 13.9. The molecule has 0 aliphatic carbocycles. The standard InChI is InChI=1S/C28H27F3N2O6/c1-33-25(15-9-10-20(36-2)21(11-15)37-3)24(18-13-22(38-4)23(39-5)14-19(18)27(33)35)26(34)32-17-8-6-7-16(12-17)28(29,30)31/h6-14,24-25H,1-5H3,(H,32,34). The third-order valence-corrected chi connectivity index (χ3v) is 6.66. The average molecular weight is 545 g/mol. The van der Waals surface area contributed by atoms with Crippen LogP contribution < -0.4 is 24.3 Å². The van der Waals surface area contributed by atoms with Gasteiger partial charge in [0.1, 0.15) is 0 Å². The summed E-state index contributed by atoms with van der Waals surface area (Å²) >= 11 is 0. The Bertz CT molecular complexity index is 1410. The topological polar surface area (TPSA) is 86.3 Å². The van der Waals surface area contributed by atoms with Crippen molar-refractivity contribution in [3.05, 3.63) is 76.9 Å². The summed E-state index contributed by atoms with van der Waals surface area (Å²) in [4.78, 5) is 28.9. The lowest BCUT2D eigenvalue weighted by Gasteiger charge is -2.40. The summed E-state index contributed by atoms with van der Waals surface area (Å²) in [5, 5.41) is 2.61. The van der Waals surface area contributed by atoms with Crippen LogP contribution in [-0.2, 0) is 11.0 Å². The Hall–Kier alpha value is -4.41. The monoisotopic (exact) mass is 544 g/mol. The molecule has 0 saturated heterocycles. The Morgan fingerprint density at radius 2 is 1.46 bits per heavy atom. The maximum Gasteiger partial charge on any atom is 0.416 e. The van der Waals surface area contributed by atoms with Crippen LogP contribution in [0.25, 0.3) is 0 Å². The number of likely N-dealkylation sites (N-methyl/N-ethyl adjacent to an activating group) is 1. The molecule has 1 aliphatic rings. The van der Waals surface area contributed by atoms with E-state index in [-0.39, 0.29) is 22.9 Å². The van der Waals surface area contributed by atoms with E-state index in [0.717, 1.165) is 12.1 Å². The first-order valence-electron chi connectivity index (χ1n) is 11.8. The average Bonchev–Trinajstić information content (AvgIpc) is 2.93. The smallest absolute Gasteiger partial charge is 0.416 e. The minimum Gasteiger partial charge on any atom is -0.493 e. The third kappa shape index (κ3) is 5.16. The number of anilines is 1. The Labute approximate surface area is 223 Å². The number of carbonyl (C=O) groups excluding carboxylic acids is 2. The fraction of sp³-hybridized carbons (Fsp3) is 0.286. The molecule has 0 radical (unpaired) electrons. The minimum absolute atomic E-state index is 0.0394. The number of hydrogen-bond acceptors (Lipinski definition) is 6. The SMILES string of the molecule is COc1ccc(C2C(C(=O)Nc3cccc(C(F)(F)F)c3)c3cc(OC)c(OC)cc3C(=O)N2C)cc1OC. The van der Waals surface area contributed by atoms with Gasteiger partial charge in [0.2, 0.25) is 5.91 Å². The van der Waals surface area contributed by atoms with Gasteiger partial charge in [-0.2, -0.15) is 13.2 Å². The molecule has 39 heavy (non-hydrogen) atoms. The summed E-state index contributed by atoms with van der Waals surface area (Å²) < 4.78 is 61.5. The van der Waals surface area contributed by atoms with Crippen LogP contribution in [0.1, 0.15) is 39.0 Å². The van der Waals surface area contributed by atoms with Gasteiger partial charge < -0.3 is 29.2 Å². The summed E-state index contributed by atoms with van der Waals surface area (Å²) in [7, 11) is 7.33. The van der Waals surface area contributed by atoms with Gasteiger partial charge in [-0.05, 0) is 53.6 Å². The van der Waals surface area contributed by atoms with Crippen LogP contribution in [0.5, 0.6) is 23.0 Å². The minimum atomic E-state index is -4.59. The van der Waals surface area contributed by atoms with Crippen LogP contribution in [0.4, 0.5) is 18.9 Å². The number of halogens is 3. The number of alkyl halides is 3. The van der Waals surface area contributed by atoms with Crippen molar-refractivity contribution in [3.8, 4) is 23.0 Å². The molecule has 2 amide bonds. The van der Waals surface area contributed by atoms with E-state index in [2.05, 4.69) is 5.32 Å². The van der Waals surface area contributed by atoms with E-state index in [0.29, 0.717) is 28.4 Å². The van der Waals surface area contributed by atoms with Crippen molar-refractivity contribution in [2.75, 3.05) is 40.8 Å². The summed E-state index contributed by atoms with van der Waals surface area (Å²) in [6.45, 7) is 0. The number of nitrogens with one attached hydrogen (secondary N) is 1. The van der Waals surface area contributed by atoms with E-state index >= 15 is 0 Å². The van der Waals surface area contributed by atoms with Crippen molar-refractivity contribution in [1.29, 1.82) is 0 Å². The first-order chi connectivity index (χ1) is 18.5. The molecule has 0 bridgehead atoms. The number of ether oxygens (including phenoxy) is 4. The number of amides is 2. The highest BCUT2D eigenvalue weighted by molar-refractivity contribution is 6.05. The molecule has 8 nitrogen and oxygen atoms in total. The Balaban J connectivity index is 1.89. The quantitative estimate of drug-likeness (QED) is 0.435. The zero-order valence-corrected chi connectivity index (χ0v) is 21.9. The van der Waals surface area contributed by atoms with Gasteiger partial charge in [0.15, 0.2) is 23.0 Å². The molecule has 4 rings (SSSR count). The van der Waals surface area contributed by atoms with Gasteiger partial charge in [-0.15, -0.1) is 0 Å². The molecule has 206 valence electrons. The first kappa shape index (κ1) is 27.6. The van der Waals surface area contributed by atoms with Crippen LogP contribution in [0.3, 0.4) is 0 Å². The highest BCUT2D eigenvalue weighted by Gasteiger charge is 2.44. The Morgan fingerprint density at radius 1 is 0.846 bits per heavy atom. The molecule has 1 N–H and O–H groups in total. The Kier molecular flexibility index (Phi) is 7.62.